The van der Waals surface area contributed by atoms with Crippen LogP contribution in [0.3, 0.4) is 0 Å². The van der Waals surface area contributed by atoms with Crippen LogP contribution in [0.5, 0.6) is 0 Å². The van der Waals surface area contributed by atoms with Gasteiger partial charge in [-0.05, 0) is 54.2 Å². The molecule has 2 aromatic carbocycles. The largest absolute Gasteiger partial charge is 0.343 e. The second kappa shape index (κ2) is 11.8. The van der Waals surface area contributed by atoms with E-state index in [1.807, 2.05) is 37.4 Å². The molecule has 0 aliphatic heterocycles. The Morgan fingerprint density at radius 2 is 1.60 bits per heavy atom. The zero-order chi connectivity index (χ0) is 24.6. The molecule has 1 aliphatic carbocycles. The molecule has 0 spiro atoms. The number of nitrogens with one attached hydrogen (secondary N) is 1. The van der Waals surface area contributed by atoms with Crippen LogP contribution in [0.15, 0.2) is 79.1 Å². The van der Waals surface area contributed by atoms with E-state index in [-0.39, 0.29) is 23.8 Å². The average Bonchev–Trinajstić information content (AvgIpc) is 2.90. The number of carbonyl (C=O) groups excluding carboxylic acids is 2. The lowest BCUT2D eigenvalue weighted by Gasteiger charge is -2.33. The number of likely N-dealkylation sites (N-methyl/N-ethyl adjacent to an activating group) is 1. The molecule has 1 aromatic heterocycles. The van der Waals surface area contributed by atoms with Crippen molar-refractivity contribution in [2.75, 3.05) is 18.9 Å². The summed E-state index contributed by atoms with van der Waals surface area (Å²) in [5.41, 5.74) is 9.72. The first-order chi connectivity index (χ1) is 17.0. The van der Waals surface area contributed by atoms with Crippen molar-refractivity contribution in [3.05, 3.63) is 95.8 Å². The summed E-state index contributed by atoms with van der Waals surface area (Å²) >= 11 is 0. The third-order valence-corrected chi connectivity index (χ3v) is 6.93. The standard InChI is InChI=1S/C29H34N4O2/c1-33(29(35)27(22-8-4-2-5-9-22)23-10-6-3-7-11-23)20-26(30)21-12-14-24(15-13-21)28(34)32-25-16-18-31-19-17-25/h2,4-5,8-9,12-19,23,26-27H,3,6-7,10-11,20,30H2,1H3,(H,31,32,34). The second-order valence-corrected chi connectivity index (χ2v) is 9.42. The van der Waals surface area contributed by atoms with Gasteiger partial charge in [0.15, 0.2) is 0 Å². The minimum atomic E-state index is -0.343. The number of hydrogen-bond donors (Lipinski definition) is 2. The summed E-state index contributed by atoms with van der Waals surface area (Å²) in [5.74, 6) is 0.178. The summed E-state index contributed by atoms with van der Waals surface area (Å²) in [7, 11) is 1.84. The molecule has 1 fully saturated rings. The molecule has 3 N–H and O–H groups in total. The molecule has 3 aromatic rings. The van der Waals surface area contributed by atoms with Crippen molar-refractivity contribution in [3.63, 3.8) is 0 Å². The molecule has 6 heteroatoms. The fourth-order valence-electron chi connectivity index (χ4n) is 4.99. The van der Waals surface area contributed by atoms with Crippen LogP contribution in [0, 0.1) is 5.92 Å². The quantitative estimate of drug-likeness (QED) is 0.476. The van der Waals surface area contributed by atoms with E-state index in [0.717, 1.165) is 24.0 Å². The molecule has 1 saturated carbocycles. The number of nitrogens with two attached hydrogens (primary N) is 1. The Labute approximate surface area is 207 Å². The fourth-order valence-corrected chi connectivity index (χ4v) is 4.99. The lowest BCUT2D eigenvalue weighted by atomic mass is 9.76. The van der Waals surface area contributed by atoms with Gasteiger partial charge in [0.05, 0.1) is 5.92 Å². The Bertz CT molecular complexity index is 1100. The SMILES string of the molecule is CN(CC(N)c1ccc(C(=O)Nc2ccncc2)cc1)C(=O)C(c1ccccc1)C1CCCCC1. The number of hydrogen-bond acceptors (Lipinski definition) is 4. The normalized spacial score (nSPS) is 15.7. The van der Waals surface area contributed by atoms with Gasteiger partial charge < -0.3 is 16.0 Å². The van der Waals surface area contributed by atoms with Crippen molar-refractivity contribution in [3.8, 4) is 0 Å². The number of aromatic nitrogens is 1. The number of benzene rings is 2. The van der Waals surface area contributed by atoms with Crippen LogP contribution in [0.1, 0.15) is 65.5 Å². The Morgan fingerprint density at radius 3 is 2.26 bits per heavy atom. The van der Waals surface area contributed by atoms with E-state index >= 15 is 0 Å². The van der Waals surface area contributed by atoms with Crippen LogP contribution in [0.2, 0.25) is 0 Å². The summed E-state index contributed by atoms with van der Waals surface area (Å²) in [4.78, 5) is 31.9. The monoisotopic (exact) mass is 470 g/mol. The summed E-state index contributed by atoms with van der Waals surface area (Å²) in [6.45, 7) is 0.414. The molecule has 0 saturated heterocycles. The minimum absolute atomic E-state index is 0.131. The molecular weight excluding hydrogens is 436 g/mol. The number of rotatable bonds is 8. The van der Waals surface area contributed by atoms with Gasteiger partial charge in [0.25, 0.3) is 5.91 Å². The van der Waals surface area contributed by atoms with Crippen molar-refractivity contribution in [2.24, 2.45) is 11.7 Å². The maximum absolute atomic E-state index is 13.6. The molecule has 1 heterocycles. The minimum Gasteiger partial charge on any atom is -0.343 e. The number of pyridine rings is 1. The Balaban J connectivity index is 1.41. The number of amides is 2. The third-order valence-electron chi connectivity index (χ3n) is 6.93. The predicted octanol–water partition coefficient (Wildman–Crippen LogP) is 5.16. The molecule has 0 radical (unpaired) electrons. The van der Waals surface area contributed by atoms with Crippen LogP contribution < -0.4 is 11.1 Å². The number of anilines is 1. The Morgan fingerprint density at radius 1 is 0.943 bits per heavy atom. The molecule has 2 atom stereocenters. The lowest BCUT2D eigenvalue weighted by molar-refractivity contribution is -0.133. The van der Waals surface area contributed by atoms with Gasteiger partial charge in [0.2, 0.25) is 5.91 Å². The molecule has 182 valence electrons. The molecule has 2 unspecified atom stereocenters. The van der Waals surface area contributed by atoms with Crippen molar-refractivity contribution in [1.82, 2.24) is 9.88 Å². The highest BCUT2D eigenvalue weighted by Crippen LogP contribution is 2.37. The first-order valence-electron chi connectivity index (χ1n) is 12.4. The molecule has 0 bridgehead atoms. The summed E-state index contributed by atoms with van der Waals surface area (Å²) in [5, 5.41) is 2.85. The van der Waals surface area contributed by atoms with Gasteiger partial charge in [0.1, 0.15) is 0 Å². The molecule has 4 rings (SSSR count). The lowest BCUT2D eigenvalue weighted by Crippen LogP contribution is -2.39. The van der Waals surface area contributed by atoms with Gasteiger partial charge in [-0.25, -0.2) is 0 Å². The molecule has 35 heavy (non-hydrogen) atoms. The van der Waals surface area contributed by atoms with Gasteiger partial charge in [-0.3, -0.25) is 14.6 Å². The van der Waals surface area contributed by atoms with Crippen molar-refractivity contribution >= 4 is 17.5 Å². The Kier molecular flexibility index (Phi) is 8.27. The van der Waals surface area contributed by atoms with Gasteiger partial charge in [-0.1, -0.05) is 61.7 Å². The fraction of sp³-hybridized carbons (Fsp3) is 0.345. The summed E-state index contributed by atoms with van der Waals surface area (Å²) in [6.07, 6.45) is 9.07. The first-order valence-corrected chi connectivity index (χ1v) is 12.4. The topological polar surface area (TPSA) is 88.3 Å². The first kappa shape index (κ1) is 24.6. The van der Waals surface area contributed by atoms with Crippen LogP contribution in [-0.2, 0) is 4.79 Å². The summed E-state index contributed by atoms with van der Waals surface area (Å²) in [6, 6.07) is 20.5. The zero-order valence-corrected chi connectivity index (χ0v) is 20.3. The van der Waals surface area contributed by atoms with E-state index in [1.165, 1.54) is 19.3 Å². The van der Waals surface area contributed by atoms with Crippen molar-refractivity contribution < 1.29 is 9.59 Å². The van der Waals surface area contributed by atoms with Crippen LogP contribution >= 0.6 is 0 Å². The second-order valence-electron chi connectivity index (χ2n) is 9.42. The average molecular weight is 471 g/mol. The van der Waals surface area contributed by atoms with Gasteiger partial charge in [-0.2, -0.15) is 0 Å². The Hall–Kier alpha value is -3.51. The van der Waals surface area contributed by atoms with E-state index < -0.39 is 0 Å². The van der Waals surface area contributed by atoms with Gasteiger partial charge in [0, 0.05) is 43.3 Å². The van der Waals surface area contributed by atoms with E-state index in [2.05, 4.69) is 22.4 Å². The highest BCUT2D eigenvalue weighted by Gasteiger charge is 2.33. The van der Waals surface area contributed by atoms with Crippen molar-refractivity contribution in [2.45, 2.75) is 44.1 Å². The van der Waals surface area contributed by atoms with Crippen molar-refractivity contribution in [1.29, 1.82) is 0 Å². The van der Waals surface area contributed by atoms with E-state index in [1.54, 1.807) is 41.6 Å². The summed E-state index contributed by atoms with van der Waals surface area (Å²) < 4.78 is 0. The van der Waals surface area contributed by atoms with Crippen LogP contribution in [-0.4, -0.2) is 35.3 Å². The van der Waals surface area contributed by atoms with Gasteiger partial charge in [-0.15, -0.1) is 0 Å². The molecule has 1 aliphatic rings. The highest BCUT2D eigenvalue weighted by molar-refractivity contribution is 6.04. The predicted molar refractivity (Wildman–Crippen MR) is 139 cm³/mol. The van der Waals surface area contributed by atoms with E-state index in [4.69, 9.17) is 5.73 Å². The van der Waals surface area contributed by atoms with Crippen LogP contribution in [0.25, 0.3) is 0 Å². The highest BCUT2D eigenvalue weighted by atomic mass is 16.2. The van der Waals surface area contributed by atoms with E-state index in [0.29, 0.717) is 23.7 Å². The maximum atomic E-state index is 13.6. The zero-order valence-electron chi connectivity index (χ0n) is 20.3. The smallest absolute Gasteiger partial charge is 0.255 e. The number of carbonyl (C=O) groups is 2. The molecule has 6 nitrogen and oxygen atoms in total. The van der Waals surface area contributed by atoms with Crippen LogP contribution in [0.4, 0.5) is 5.69 Å². The third kappa shape index (κ3) is 6.34. The number of nitrogens with zero attached hydrogens (tertiary/aromatic N) is 2. The van der Waals surface area contributed by atoms with E-state index in [9.17, 15) is 9.59 Å². The molecular formula is C29H34N4O2. The van der Waals surface area contributed by atoms with Gasteiger partial charge >= 0.3 is 0 Å². The molecule has 2 amide bonds. The maximum Gasteiger partial charge on any atom is 0.255 e.